The molecule has 0 spiro atoms. The first kappa shape index (κ1) is 16.2. The fourth-order valence-electron chi connectivity index (χ4n) is 0.926. The largest absolute Gasteiger partial charge is 0.471 e. The summed E-state index contributed by atoms with van der Waals surface area (Å²) in [5.41, 5.74) is 0. The average Bonchev–Trinajstić information content (AvgIpc) is 2.26. The molecule has 1 atom stereocenters. The van der Waals surface area contributed by atoms with Crippen molar-refractivity contribution in [3.63, 3.8) is 0 Å². The number of hydrogen-bond acceptors (Lipinski definition) is 5. The molecule has 1 N–H and O–H groups in total. The van der Waals surface area contributed by atoms with Gasteiger partial charge in [0.1, 0.15) is 6.04 Å². The number of esters is 2. The maximum Gasteiger partial charge on any atom is 0.471 e. The zero-order valence-corrected chi connectivity index (χ0v) is 9.67. The number of nitrogens with one attached hydrogen (secondary N) is 1. The van der Waals surface area contributed by atoms with Crippen LogP contribution in [0.1, 0.15) is 13.3 Å². The molecule has 0 aliphatic rings. The number of carbonyl (C=O) groups excluding carboxylic acids is 3. The van der Waals surface area contributed by atoms with Crippen molar-refractivity contribution in [3.8, 4) is 0 Å². The normalized spacial score (nSPS) is 12.5. The van der Waals surface area contributed by atoms with Gasteiger partial charge in [-0.05, 0) is 6.92 Å². The molecule has 6 nitrogen and oxygen atoms in total. The molecule has 0 saturated heterocycles. The van der Waals surface area contributed by atoms with Gasteiger partial charge >= 0.3 is 24.0 Å². The number of alkyl halides is 3. The van der Waals surface area contributed by atoms with Crippen LogP contribution in [0.4, 0.5) is 13.2 Å². The summed E-state index contributed by atoms with van der Waals surface area (Å²) in [6.07, 6.45) is -5.89. The minimum Gasteiger partial charge on any atom is -0.469 e. The number of ether oxygens (including phenoxy) is 2. The van der Waals surface area contributed by atoms with E-state index in [2.05, 4.69) is 9.47 Å². The molecule has 0 aromatic rings. The molecule has 0 radical (unpaired) electrons. The first-order valence-corrected chi connectivity index (χ1v) is 4.83. The smallest absolute Gasteiger partial charge is 0.469 e. The molecule has 0 aromatic heterocycles. The topological polar surface area (TPSA) is 81.7 Å². The highest BCUT2D eigenvalue weighted by molar-refractivity contribution is 5.90. The van der Waals surface area contributed by atoms with E-state index in [9.17, 15) is 27.6 Å². The van der Waals surface area contributed by atoms with Crippen LogP contribution in [-0.2, 0) is 23.9 Å². The standard InChI is InChI=1S/C9H12F3NO5/c1-3-18-7(15)5(4-6(14)17-2)13-8(16)9(10,11)12/h5H,3-4H2,1-2H3,(H,13,16)/t5-/m0/s1. The number of rotatable bonds is 5. The van der Waals surface area contributed by atoms with Crippen LogP contribution in [0.25, 0.3) is 0 Å². The summed E-state index contributed by atoms with van der Waals surface area (Å²) >= 11 is 0. The summed E-state index contributed by atoms with van der Waals surface area (Å²) in [5.74, 6) is -4.42. The fourth-order valence-corrected chi connectivity index (χ4v) is 0.926. The second kappa shape index (κ2) is 6.82. The third-order valence-corrected chi connectivity index (χ3v) is 1.73. The molecular formula is C9H12F3NO5. The Morgan fingerprint density at radius 2 is 1.83 bits per heavy atom. The van der Waals surface area contributed by atoms with Gasteiger partial charge in [-0.1, -0.05) is 0 Å². The molecule has 18 heavy (non-hydrogen) atoms. The highest BCUT2D eigenvalue weighted by Gasteiger charge is 2.41. The van der Waals surface area contributed by atoms with Crippen LogP contribution in [-0.4, -0.2) is 43.8 Å². The SMILES string of the molecule is CCOC(=O)[C@H](CC(=O)OC)NC(=O)C(F)(F)F. The third-order valence-electron chi connectivity index (χ3n) is 1.73. The maximum atomic E-state index is 12.0. The lowest BCUT2D eigenvalue weighted by molar-refractivity contribution is -0.176. The number of amides is 1. The Morgan fingerprint density at radius 1 is 1.28 bits per heavy atom. The molecular weight excluding hydrogens is 259 g/mol. The molecule has 0 aliphatic carbocycles. The second-order valence-electron chi connectivity index (χ2n) is 3.06. The van der Waals surface area contributed by atoms with Gasteiger partial charge in [-0.15, -0.1) is 0 Å². The lowest BCUT2D eigenvalue weighted by Crippen LogP contribution is -2.48. The van der Waals surface area contributed by atoms with E-state index < -0.39 is 36.5 Å². The average molecular weight is 271 g/mol. The van der Waals surface area contributed by atoms with Crippen LogP contribution in [0.3, 0.4) is 0 Å². The summed E-state index contributed by atoms with van der Waals surface area (Å²) < 4.78 is 44.6. The summed E-state index contributed by atoms with van der Waals surface area (Å²) in [7, 11) is 0.996. The number of methoxy groups -OCH3 is 1. The highest BCUT2D eigenvalue weighted by atomic mass is 19.4. The summed E-state index contributed by atoms with van der Waals surface area (Å²) in [4.78, 5) is 32.8. The molecule has 0 unspecified atom stereocenters. The van der Waals surface area contributed by atoms with Crippen molar-refractivity contribution in [2.24, 2.45) is 0 Å². The minimum atomic E-state index is -5.15. The molecule has 104 valence electrons. The van der Waals surface area contributed by atoms with Crippen molar-refractivity contribution in [3.05, 3.63) is 0 Å². The molecule has 0 bridgehead atoms. The van der Waals surface area contributed by atoms with E-state index in [4.69, 9.17) is 0 Å². The highest BCUT2D eigenvalue weighted by Crippen LogP contribution is 2.15. The molecule has 0 fully saturated rings. The zero-order valence-electron chi connectivity index (χ0n) is 9.67. The van der Waals surface area contributed by atoms with Gasteiger partial charge in [0.25, 0.3) is 0 Å². The van der Waals surface area contributed by atoms with Crippen molar-refractivity contribution < 1.29 is 37.0 Å². The summed E-state index contributed by atoms with van der Waals surface area (Å²) in [6, 6.07) is -1.73. The molecule has 0 heterocycles. The molecule has 0 rings (SSSR count). The molecule has 0 saturated carbocycles. The van der Waals surface area contributed by atoms with Gasteiger partial charge in [0.15, 0.2) is 0 Å². The lowest BCUT2D eigenvalue weighted by Gasteiger charge is -2.16. The third kappa shape index (κ3) is 5.51. The molecule has 1 amide bonds. The quantitative estimate of drug-likeness (QED) is 0.720. The van der Waals surface area contributed by atoms with E-state index in [0.29, 0.717) is 0 Å². The molecule has 0 aliphatic heterocycles. The Labute approximate surface area is 100 Å². The van der Waals surface area contributed by atoms with Crippen molar-refractivity contribution >= 4 is 17.8 Å². The van der Waals surface area contributed by atoms with E-state index in [-0.39, 0.29) is 6.61 Å². The Hall–Kier alpha value is -1.80. The first-order chi connectivity index (χ1) is 8.22. The Balaban J connectivity index is 4.72. The lowest BCUT2D eigenvalue weighted by atomic mass is 10.2. The van der Waals surface area contributed by atoms with E-state index in [1.54, 1.807) is 0 Å². The Bertz CT molecular complexity index is 329. The molecule has 0 aromatic carbocycles. The summed E-state index contributed by atoms with van der Waals surface area (Å²) in [5, 5.41) is 1.37. The van der Waals surface area contributed by atoms with Crippen LogP contribution in [0.15, 0.2) is 0 Å². The monoisotopic (exact) mass is 271 g/mol. The Kier molecular flexibility index (Phi) is 6.14. The van der Waals surface area contributed by atoms with Gasteiger partial charge < -0.3 is 14.8 Å². The maximum absolute atomic E-state index is 12.0. The van der Waals surface area contributed by atoms with E-state index in [0.717, 1.165) is 7.11 Å². The number of hydrogen-bond donors (Lipinski definition) is 1. The second-order valence-corrected chi connectivity index (χ2v) is 3.06. The van der Waals surface area contributed by atoms with Crippen LogP contribution in [0.5, 0.6) is 0 Å². The van der Waals surface area contributed by atoms with Gasteiger partial charge in [0.05, 0.1) is 20.1 Å². The van der Waals surface area contributed by atoms with Crippen molar-refractivity contribution in [1.29, 1.82) is 0 Å². The fraction of sp³-hybridized carbons (Fsp3) is 0.667. The van der Waals surface area contributed by atoms with E-state index in [1.807, 2.05) is 0 Å². The van der Waals surface area contributed by atoms with Crippen LogP contribution >= 0.6 is 0 Å². The predicted molar refractivity (Wildman–Crippen MR) is 51.3 cm³/mol. The van der Waals surface area contributed by atoms with Gasteiger partial charge in [-0.2, -0.15) is 13.2 Å². The van der Waals surface area contributed by atoms with Crippen LogP contribution in [0.2, 0.25) is 0 Å². The van der Waals surface area contributed by atoms with Crippen molar-refractivity contribution in [2.75, 3.05) is 13.7 Å². The van der Waals surface area contributed by atoms with Gasteiger partial charge in [0.2, 0.25) is 0 Å². The summed E-state index contributed by atoms with van der Waals surface area (Å²) in [6.45, 7) is 1.33. The number of halogens is 3. The molecule has 9 heteroatoms. The van der Waals surface area contributed by atoms with Gasteiger partial charge in [-0.3, -0.25) is 9.59 Å². The van der Waals surface area contributed by atoms with Gasteiger partial charge in [-0.25, -0.2) is 4.79 Å². The minimum absolute atomic E-state index is 0.0988. The van der Waals surface area contributed by atoms with Crippen LogP contribution < -0.4 is 5.32 Å². The van der Waals surface area contributed by atoms with Crippen molar-refractivity contribution in [1.82, 2.24) is 5.32 Å². The number of carbonyl (C=O) groups is 3. The first-order valence-electron chi connectivity index (χ1n) is 4.83. The van der Waals surface area contributed by atoms with Gasteiger partial charge in [0, 0.05) is 0 Å². The van der Waals surface area contributed by atoms with E-state index in [1.165, 1.54) is 12.2 Å². The zero-order chi connectivity index (χ0) is 14.3. The van der Waals surface area contributed by atoms with Crippen molar-refractivity contribution in [2.45, 2.75) is 25.6 Å². The van der Waals surface area contributed by atoms with E-state index >= 15 is 0 Å². The predicted octanol–water partition coefficient (Wildman–Crippen LogP) is 0.160. The Morgan fingerprint density at radius 3 is 2.22 bits per heavy atom. The van der Waals surface area contributed by atoms with Crippen LogP contribution in [0, 0.1) is 0 Å².